The van der Waals surface area contributed by atoms with E-state index in [4.69, 9.17) is 4.42 Å². The van der Waals surface area contributed by atoms with E-state index in [9.17, 15) is 0 Å². The molecule has 4 nitrogen and oxygen atoms in total. The number of thiazole rings is 1. The van der Waals surface area contributed by atoms with Crippen LogP contribution in [0.15, 0.2) is 28.1 Å². The zero-order valence-electron chi connectivity index (χ0n) is 13.1. The Balaban J connectivity index is 1.35. The van der Waals surface area contributed by atoms with E-state index < -0.39 is 0 Å². The van der Waals surface area contributed by atoms with E-state index >= 15 is 0 Å². The number of piperidine rings is 1. The lowest BCUT2D eigenvalue weighted by atomic mass is 9.93. The molecule has 2 fully saturated rings. The summed E-state index contributed by atoms with van der Waals surface area (Å²) in [6.45, 7) is 7.62. The van der Waals surface area contributed by atoms with Gasteiger partial charge in [-0.2, -0.15) is 0 Å². The third-order valence-corrected chi connectivity index (χ3v) is 5.80. The quantitative estimate of drug-likeness (QED) is 0.867. The molecule has 2 aliphatic heterocycles. The van der Waals surface area contributed by atoms with Gasteiger partial charge in [0.1, 0.15) is 16.5 Å². The van der Waals surface area contributed by atoms with Crippen molar-refractivity contribution in [3.63, 3.8) is 0 Å². The molecular formula is C17H23N3OS. The summed E-state index contributed by atoms with van der Waals surface area (Å²) in [6.07, 6.45) is 4.51. The van der Waals surface area contributed by atoms with Crippen molar-refractivity contribution in [2.75, 3.05) is 19.6 Å². The normalized spacial score (nSPS) is 26.4. The van der Waals surface area contributed by atoms with E-state index in [0.29, 0.717) is 0 Å². The topological polar surface area (TPSA) is 32.5 Å². The summed E-state index contributed by atoms with van der Waals surface area (Å²) in [7, 11) is 0. The molecule has 0 spiro atoms. The number of aryl methyl sites for hydroxylation is 1. The van der Waals surface area contributed by atoms with Gasteiger partial charge in [-0.3, -0.25) is 9.80 Å². The van der Waals surface area contributed by atoms with E-state index in [1.165, 1.54) is 37.5 Å². The molecule has 118 valence electrons. The van der Waals surface area contributed by atoms with Crippen LogP contribution in [-0.2, 0) is 13.1 Å². The largest absolute Gasteiger partial charge is 0.465 e. The number of nitrogens with zero attached hydrogens (tertiary/aromatic N) is 3. The number of aromatic nitrogens is 1. The van der Waals surface area contributed by atoms with Crippen molar-refractivity contribution in [3.05, 3.63) is 40.2 Å². The number of likely N-dealkylation sites (tertiary alicyclic amines) is 2. The van der Waals surface area contributed by atoms with Gasteiger partial charge in [-0.05, 0) is 44.4 Å². The fourth-order valence-electron chi connectivity index (χ4n) is 3.99. The molecule has 0 radical (unpaired) electrons. The van der Waals surface area contributed by atoms with E-state index in [1.807, 2.05) is 13.1 Å². The zero-order valence-corrected chi connectivity index (χ0v) is 13.9. The molecule has 0 amide bonds. The predicted octanol–water partition coefficient (Wildman–Crippen LogP) is 3.14. The number of hydrogen-bond donors (Lipinski definition) is 0. The minimum Gasteiger partial charge on any atom is -0.465 e. The molecule has 22 heavy (non-hydrogen) atoms. The van der Waals surface area contributed by atoms with Crippen molar-refractivity contribution in [1.29, 1.82) is 0 Å². The van der Waals surface area contributed by atoms with Crippen LogP contribution in [0, 0.1) is 12.8 Å². The molecule has 0 N–H and O–H groups in total. The van der Waals surface area contributed by atoms with Gasteiger partial charge in [0.25, 0.3) is 0 Å². The molecule has 5 heteroatoms. The molecule has 2 aromatic heterocycles. The molecule has 4 rings (SSSR count). The number of rotatable bonds is 4. The highest BCUT2D eigenvalue weighted by Gasteiger charge is 2.38. The minimum atomic E-state index is 0.749. The maximum Gasteiger partial charge on any atom is 0.118 e. The van der Waals surface area contributed by atoms with Crippen molar-refractivity contribution >= 4 is 11.3 Å². The molecule has 4 heterocycles. The monoisotopic (exact) mass is 317 g/mol. The molecule has 2 aromatic rings. The molecule has 2 atom stereocenters. The van der Waals surface area contributed by atoms with E-state index in [0.717, 1.165) is 36.6 Å². The summed E-state index contributed by atoms with van der Waals surface area (Å²) in [5, 5.41) is 3.34. The molecule has 2 aliphatic rings. The first-order valence-electron chi connectivity index (χ1n) is 8.18. The summed E-state index contributed by atoms with van der Waals surface area (Å²) >= 11 is 1.78. The maximum atomic E-state index is 5.73. The maximum absolute atomic E-state index is 5.73. The molecule has 0 aromatic carbocycles. The third kappa shape index (κ3) is 2.98. The molecule has 0 aliphatic carbocycles. The molecule has 0 saturated carbocycles. The molecule has 2 unspecified atom stereocenters. The van der Waals surface area contributed by atoms with Crippen LogP contribution in [0.5, 0.6) is 0 Å². The van der Waals surface area contributed by atoms with Crippen LogP contribution in [0.3, 0.4) is 0 Å². The summed E-state index contributed by atoms with van der Waals surface area (Å²) in [5.41, 5.74) is 0. The minimum absolute atomic E-state index is 0.749. The van der Waals surface area contributed by atoms with Gasteiger partial charge < -0.3 is 4.42 Å². The van der Waals surface area contributed by atoms with Crippen LogP contribution in [0.25, 0.3) is 0 Å². The van der Waals surface area contributed by atoms with E-state index in [2.05, 4.69) is 32.3 Å². The van der Waals surface area contributed by atoms with Crippen molar-refractivity contribution in [2.24, 2.45) is 5.92 Å². The Morgan fingerprint density at radius 3 is 3.00 bits per heavy atom. The lowest BCUT2D eigenvalue weighted by molar-refractivity contribution is 0.0981. The van der Waals surface area contributed by atoms with Gasteiger partial charge >= 0.3 is 0 Å². The second-order valence-electron chi connectivity index (χ2n) is 6.55. The van der Waals surface area contributed by atoms with Gasteiger partial charge in [0.2, 0.25) is 0 Å². The Kier molecular flexibility index (Phi) is 4.03. The Morgan fingerprint density at radius 1 is 1.27 bits per heavy atom. The van der Waals surface area contributed by atoms with Gasteiger partial charge in [0, 0.05) is 30.7 Å². The smallest absolute Gasteiger partial charge is 0.118 e. The second kappa shape index (κ2) is 6.14. The van der Waals surface area contributed by atoms with Gasteiger partial charge in [-0.25, -0.2) is 4.98 Å². The third-order valence-electron chi connectivity index (χ3n) is 5.03. The number of hydrogen-bond acceptors (Lipinski definition) is 5. The SMILES string of the molecule is Cc1ccc(CN2CCC3C(CCN3Cc3nccs3)C2)o1. The Hall–Kier alpha value is -1.17. The number of furan rings is 1. The first-order chi connectivity index (χ1) is 10.8. The van der Waals surface area contributed by atoms with Gasteiger partial charge in [0.15, 0.2) is 0 Å². The summed E-state index contributed by atoms with van der Waals surface area (Å²) < 4.78 is 5.73. The summed E-state index contributed by atoms with van der Waals surface area (Å²) in [5.74, 6) is 2.93. The second-order valence-corrected chi connectivity index (χ2v) is 7.53. The number of fused-ring (bicyclic) bond motifs is 1. The first-order valence-corrected chi connectivity index (χ1v) is 9.06. The van der Waals surface area contributed by atoms with Crippen LogP contribution >= 0.6 is 11.3 Å². The lowest BCUT2D eigenvalue weighted by Gasteiger charge is -2.37. The van der Waals surface area contributed by atoms with Crippen molar-refractivity contribution in [3.8, 4) is 0 Å². The van der Waals surface area contributed by atoms with Gasteiger partial charge in [0.05, 0.1) is 13.1 Å². The summed E-state index contributed by atoms with van der Waals surface area (Å²) in [6, 6.07) is 4.93. The average Bonchev–Trinajstić information content (AvgIpc) is 3.23. The lowest BCUT2D eigenvalue weighted by Crippen LogP contribution is -2.45. The fourth-order valence-corrected chi connectivity index (χ4v) is 4.63. The van der Waals surface area contributed by atoms with Gasteiger partial charge in [-0.15, -0.1) is 11.3 Å². The first kappa shape index (κ1) is 14.4. The van der Waals surface area contributed by atoms with Crippen LogP contribution in [0.2, 0.25) is 0 Å². The Morgan fingerprint density at radius 2 is 2.23 bits per heavy atom. The average molecular weight is 317 g/mol. The molecule has 2 saturated heterocycles. The Labute approximate surface area is 135 Å². The highest BCUT2D eigenvalue weighted by Crippen LogP contribution is 2.33. The van der Waals surface area contributed by atoms with E-state index in [-0.39, 0.29) is 0 Å². The van der Waals surface area contributed by atoms with Crippen molar-refractivity contribution in [1.82, 2.24) is 14.8 Å². The van der Waals surface area contributed by atoms with Crippen LogP contribution in [0.1, 0.15) is 29.4 Å². The molecular weight excluding hydrogens is 294 g/mol. The van der Waals surface area contributed by atoms with Gasteiger partial charge in [-0.1, -0.05) is 0 Å². The fraction of sp³-hybridized carbons (Fsp3) is 0.588. The van der Waals surface area contributed by atoms with Crippen LogP contribution < -0.4 is 0 Å². The van der Waals surface area contributed by atoms with E-state index in [1.54, 1.807) is 11.3 Å². The predicted molar refractivity (Wildman–Crippen MR) is 87.8 cm³/mol. The van der Waals surface area contributed by atoms with Crippen LogP contribution in [-0.4, -0.2) is 40.5 Å². The zero-order chi connectivity index (χ0) is 14.9. The Bertz CT molecular complexity index is 609. The van der Waals surface area contributed by atoms with Crippen molar-refractivity contribution < 1.29 is 4.42 Å². The van der Waals surface area contributed by atoms with Crippen molar-refractivity contribution in [2.45, 2.75) is 38.9 Å². The molecule has 0 bridgehead atoms. The standard InChI is InChI=1S/C17H23N3OS/c1-13-2-3-15(21-13)11-19-7-5-16-14(10-19)4-8-20(16)12-17-18-6-9-22-17/h2-3,6,9,14,16H,4-5,7-8,10-12H2,1H3. The summed E-state index contributed by atoms with van der Waals surface area (Å²) in [4.78, 5) is 9.66. The van der Waals surface area contributed by atoms with Crippen LogP contribution in [0.4, 0.5) is 0 Å². The highest BCUT2D eigenvalue weighted by atomic mass is 32.1. The highest BCUT2D eigenvalue weighted by molar-refractivity contribution is 7.09.